The van der Waals surface area contributed by atoms with E-state index in [1.165, 1.54) is 73.6 Å². The van der Waals surface area contributed by atoms with E-state index in [1.54, 1.807) is 0 Å². The van der Waals surface area contributed by atoms with Crippen molar-refractivity contribution in [3.63, 3.8) is 0 Å². The summed E-state index contributed by atoms with van der Waals surface area (Å²) in [6.45, 7) is 4.34. The Balaban J connectivity index is 1.36. The molecule has 0 bridgehead atoms. The van der Waals surface area contributed by atoms with Gasteiger partial charge < -0.3 is 0 Å². The highest BCUT2D eigenvalue weighted by atomic mass is 14.3. The summed E-state index contributed by atoms with van der Waals surface area (Å²) in [6, 6.07) is 18.2. The van der Waals surface area contributed by atoms with Crippen LogP contribution in [0.15, 0.2) is 48.5 Å². The summed E-state index contributed by atoms with van der Waals surface area (Å²) in [4.78, 5) is 0. The van der Waals surface area contributed by atoms with Crippen LogP contribution >= 0.6 is 0 Å². The van der Waals surface area contributed by atoms with E-state index in [0.29, 0.717) is 0 Å². The van der Waals surface area contributed by atoms with Gasteiger partial charge >= 0.3 is 0 Å². The zero-order valence-electron chi connectivity index (χ0n) is 15.4. The largest absolute Gasteiger partial charge is 0.0591 e. The Hall–Kier alpha value is -1.56. The monoisotopic (exact) mass is 320 g/mol. The normalized spacial score (nSPS) is 20.9. The molecule has 0 N–H and O–H groups in total. The van der Waals surface area contributed by atoms with E-state index in [1.807, 2.05) is 0 Å². The highest BCUT2D eigenvalue weighted by Gasteiger charge is 2.20. The Labute approximate surface area is 148 Å². The van der Waals surface area contributed by atoms with Gasteiger partial charge in [-0.2, -0.15) is 0 Å². The molecule has 0 spiro atoms. The Bertz CT molecular complexity index is 540. The van der Waals surface area contributed by atoms with Gasteiger partial charge in [-0.1, -0.05) is 85.3 Å². The molecule has 0 atom stereocenters. The maximum absolute atomic E-state index is 2.31. The van der Waals surface area contributed by atoms with Gasteiger partial charge in [0.2, 0.25) is 0 Å². The Morgan fingerprint density at radius 1 is 0.583 bits per heavy atom. The summed E-state index contributed by atoms with van der Waals surface area (Å²) in [6.07, 6.45) is 11.1. The van der Waals surface area contributed by atoms with Crippen LogP contribution in [0, 0.1) is 25.7 Å². The molecule has 0 radical (unpaired) electrons. The lowest BCUT2D eigenvalue weighted by Gasteiger charge is -2.28. The van der Waals surface area contributed by atoms with Crippen molar-refractivity contribution in [2.24, 2.45) is 11.8 Å². The molecular weight excluding hydrogens is 288 g/mol. The number of aryl methyl sites for hydroxylation is 4. The fourth-order valence-electron chi connectivity index (χ4n) is 4.06. The molecular formula is C24H32. The minimum Gasteiger partial charge on any atom is -0.0591 e. The smallest absolute Gasteiger partial charge is 0.0276 e. The summed E-state index contributed by atoms with van der Waals surface area (Å²) >= 11 is 0. The van der Waals surface area contributed by atoms with Gasteiger partial charge in [0.15, 0.2) is 0 Å². The van der Waals surface area contributed by atoms with Gasteiger partial charge in [0.25, 0.3) is 0 Å². The molecule has 0 aliphatic heterocycles. The van der Waals surface area contributed by atoms with Gasteiger partial charge in [-0.15, -0.1) is 0 Å². The van der Waals surface area contributed by atoms with E-state index >= 15 is 0 Å². The molecule has 1 saturated carbocycles. The van der Waals surface area contributed by atoms with Gasteiger partial charge in [0.1, 0.15) is 0 Å². The predicted octanol–water partition coefficient (Wildman–Crippen LogP) is 6.68. The molecule has 0 saturated heterocycles. The number of rotatable bonds is 6. The minimum atomic E-state index is 0.960. The fraction of sp³-hybridized carbons (Fsp3) is 0.500. The van der Waals surface area contributed by atoms with E-state index in [4.69, 9.17) is 0 Å². The highest BCUT2D eigenvalue weighted by Crippen LogP contribution is 2.34. The van der Waals surface area contributed by atoms with Crippen LogP contribution in [0.4, 0.5) is 0 Å². The first-order valence-electron chi connectivity index (χ1n) is 9.80. The first-order valence-corrected chi connectivity index (χ1v) is 9.80. The molecule has 2 aromatic rings. The van der Waals surface area contributed by atoms with Crippen molar-refractivity contribution in [1.29, 1.82) is 0 Å². The molecule has 1 fully saturated rings. The third kappa shape index (κ3) is 5.23. The second kappa shape index (κ2) is 8.51. The van der Waals surface area contributed by atoms with Crippen molar-refractivity contribution in [3.05, 3.63) is 70.8 Å². The molecule has 128 valence electrons. The maximum atomic E-state index is 2.31. The van der Waals surface area contributed by atoms with Gasteiger partial charge in [-0.3, -0.25) is 0 Å². The molecule has 1 aliphatic carbocycles. The molecule has 0 heteroatoms. The van der Waals surface area contributed by atoms with E-state index in [9.17, 15) is 0 Å². The van der Waals surface area contributed by atoms with Crippen LogP contribution in [0.3, 0.4) is 0 Å². The average Bonchev–Trinajstić information content (AvgIpc) is 2.62. The lowest BCUT2D eigenvalue weighted by molar-refractivity contribution is 0.253. The van der Waals surface area contributed by atoms with Crippen molar-refractivity contribution in [2.45, 2.75) is 65.2 Å². The van der Waals surface area contributed by atoms with Crippen LogP contribution in [-0.2, 0) is 12.8 Å². The van der Waals surface area contributed by atoms with Crippen LogP contribution in [0.5, 0.6) is 0 Å². The third-order valence-corrected chi connectivity index (χ3v) is 5.89. The minimum absolute atomic E-state index is 0.960. The second-order valence-corrected chi connectivity index (χ2v) is 7.94. The van der Waals surface area contributed by atoms with Crippen molar-refractivity contribution >= 4 is 0 Å². The zero-order valence-corrected chi connectivity index (χ0v) is 15.4. The topological polar surface area (TPSA) is 0 Å². The van der Waals surface area contributed by atoms with Crippen LogP contribution in [-0.4, -0.2) is 0 Å². The molecule has 0 nitrogen and oxygen atoms in total. The zero-order chi connectivity index (χ0) is 16.8. The molecule has 0 unspecified atom stereocenters. The van der Waals surface area contributed by atoms with Gasteiger partial charge in [0, 0.05) is 0 Å². The summed E-state index contributed by atoms with van der Waals surface area (Å²) in [5.74, 6) is 1.92. The standard InChI is InChI=1S/C24H32/c1-19-3-7-21(8-4-19)11-13-23-15-17-24(18-16-23)14-12-22-9-5-20(2)6-10-22/h3-10,23-24H,11-18H2,1-2H3. The van der Waals surface area contributed by atoms with Gasteiger partial charge in [-0.25, -0.2) is 0 Å². The summed E-state index contributed by atoms with van der Waals surface area (Å²) < 4.78 is 0. The second-order valence-electron chi connectivity index (χ2n) is 7.94. The maximum Gasteiger partial charge on any atom is -0.0276 e. The van der Waals surface area contributed by atoms with Crippen LogP contribution < -0.4 is 0 Å². The molecule has 1 aliphatic rings. The SMILES string of the molecule is Cc1ccc(CCC2CCC(CCc3ccc(C)cc3)CC2)cc1. The molecule has 0 aromatic heterocycles. The first kappa shape index (κ1) is 17.3. The molecule has 3 rings (SSSR count). The predicted molar refractivity (Wildman–Crippen MR) is 104 cm³/mol. The van der Waals surface area contributed by atoms with E-state index in [2.05, 4.69) is 62.4 Å². The van der Waals surface area contributed by atoms with Gasteiger partial charge in [0.05, 0.1) is 0 Å². The third-order valence-electron chi connectivity index (χ3n) is 5.89. The molecule has 0 heterocycles. The van der Waals surface area contributed by atoms with E-state index < -0.39 is 0 Å². The first-order chi connectivity index (χ1) is 11.7. The lowest BCUT2D eigenvalue weighted by atomic mass is 9.77. The quantitative estimate of drug-likeness (QED) is 0.557. The number of hydrogen-bond donors (Lipinski definition) is 0. The Morgan fingerprint density at radius 3 is 1.25 bits per heavy atom. The number of hydrogen-bond acceptors (Lipinski definition) is 0. The summed E-state index contributed by atoms with van der Waals surface area (Å²) in [7, 11) is 0. The Kier molecular flexibility index (Phi) is 6.12. The summed E-state index contributed by atoms with van der Waals surface area (Å²) in [5, 5.41) is 0. The van der Waals surface area contributed by atoms with Crippen LogP contribution in [0.1, 0.15) is 60.8 Å². The lowest BCUT2D eigenvalue weighted by Crippen LogP contribution is -2.15. The molecule has 24 heavy (non-hydrogen) atoms. The van der Waals surface area contributed by atoms with Crippen molar-refractivity contribution < 1.29 is 0 Å². The molecule has 0 amide bonds. The number of benzene rings is 2. The highest BCUT2D eigenvalue weighted by molar-refractivity contribution is 5.22. The molecule has 2 aromatic carbocycles. The van der Waals surface area contributed by atoms with Crippen molar-refractivity contribution in [1.82, 2.24) is 0 Å². The Morgan fingerprint density at radius 2 is 0.917 bits per heavy atom. The van der Waals surface area contributed by atoms with Crippen LogP contribution in [0.2, 0.25) is 0 Å². The van der Waals surface area contributed by atoms with Crippen molar-refractivity contribution in [3.8, 4) is 0 Å². The van der Waals surface area contributed by atoms with E-state index in [0.717, 1.165) is 11.8 Å². The van der Waals surface area contributed by atoms with Crippen LogP contribution in [0.25, 0.3) is 0 Å². The van der Waals surface area contributed by atoms with E-state index in [-0.39, 0.29) is 0 Å². The van der Waals surface area contributed by atoms with Crippen molar-refractivity contribution in [2.75, 3.05) is 0 Å². The summed E-state index contributed by atoms with van der Waals surface area (Å²) in [5.41, 5.74) is 5.77. The van der Waals surface area contributed by atoms with Gasteiger partial charge in [-0.05, 0) is 62.5 Å². The average molecular weight is 321 g/mol. The fourth-order valence-corrected chi connectivity index (χ4v) is 4.06.